The van der Waals surface area contributed by atoms with Crippen LogP contribution in [0, 0.1) is 6.92 Å². The van der Waals surface area contributed by atoms with Gasteiger partial charge in [0.15, 0.2) is 0 Å². The lowest BCUT2D eigenvalue weighted by Crippen LogP contribution is -2.10. The molecule has 2 nitrogen and oxygen atoms in total. The Morgan fingerprint density at radius 1 is 0.193 bits per heavy atom. The van der Waals surface area contributed by atoms with Crippen LogP contribution in [-0.2, 0) is 0 Å². The van der Waals surface area contributed by atoms with Gasteiger partial charge in [-0.15, -0.1) is 0 Å². The second-order valence-corrected chi connectivity index (χ2v) is 14.3. The first-order valence-corrected chi connectivity index (χ1v) is 19.5. The highest BCUT2D eigenvalue weighted by Gasteiger charge is 2.16. The molecule has 0 atom stereocenters. The molecule has 272 valence electrons. The van der Waals surface area contributed by atoms with Gasteiger partial charge in [-0.3, -0.25) is 0 Å². The van der Waals surface area contributed by atoms with Gasteiger partial charge in [-0.2, -0.15) is 0 Å². The van der Waals surface area contributed by atoms with Crippen molar-refractivity contribution in [3.8, 4) is 44.5 Å². The molecular weight excluding hydrogens is 689 g/mol. The van der Waals surface area contributed by atoms with E-state index < -0.39 is 0 Å². The first kappa shape index (κ1) is 35.3. The molecule has 0 aromatic heterocycles. The van der Waals surface area contributed by atoms with Gasteiger partial charge in [-0.25, -0.2) is 0 Å². The summed E-state index contributed by atoms with van der Waals surface area (Å²) in [4.78, 5) is 4.65. The first-order valence-electron chi connectivity index (χ1n) is 19.5. The average Bonchev–Trinajstić information content (AvgIpc) is 3.29. The Bertz CT molecular complexity index is 2570. The summed E-state index contributed by atoms with van der Waals surface area (Å²) < 4.78 is 0. The van der Waals surface area contributed by atoms with Gasteiger partial charge in [-0.05, 0) is 124 Å². The van der Waals surface area contributed by atoms with E-state index in [0.29, 0.717) is 0 Å². The van der Waals surface area contributed by atoms with E-state index in [1.54, 1.807) is 0 Å². The fraction of sp³-hybridized carbons (Fsp3) is 0.0182. The molecule has 0 aliphatic rings. The molecule has 0 N–H and O–H groups in total. The number of para-hydroxylation sites is 1. The lowest BCUT2D eigenvalue weighted by Gasteiger charge is -2.26. The van der Waals surface area contributed by atoms with E-state index in [2.05, 4.69) is 253 Å². The Labute approximate surface area is 336 Å². The third-order valence-corrected chi connectivity index (χ3v) is 10.6. The molecule has 0 unspecified atom stereocenters. The van der Waals surface area contributed by atoms with E-state index in [0.717, 1.165) is 39.7 Å². The predicted octanol–water partition coefficient (Wildman–Crippen LogP) is 15.6. The van der Waals surface area contributed by atoms with Crippen molar-refractivity contribution in [2.45, 2.75) is 6.92 Å². The van der Waals surface area contributed by atoms with Gasteiger partial charge in [0.2, 0.25) is 0 Å². The van der Waals surface area contributed by atoms with Gasteiger partial charge in [0.25, 0.3) is 0 Å². The quantitative estimate of drug-likeness (QED) is 0.138. The molecule has 0 spiro atoms. The maximum absolute atomic E-state index is 2.33. The largest absolute Gasteiger partial charge is 0.311 e. The van der Waals surface area contributed by atoms with Crippen LogP contribution in [0.1, 0.15) is 5.56 Å². The normalized spacial score (nSPS) is 10.9. The summed E-state index contributed by atoms with van der Waals surface area (Å²) >= 11 is 0. The molecule has 9 aromatic rings. The van der Waals surface area contributed by atoms with Crippen LogP contribution in [0.5, 0.6) is 0 Å². The fourth-order valence-corrected chi connectivity index (χ4v) is 7.49. The van der Waals surface area contributed by atoms with Crippen molar-refractivity contribution in [1.29, 1.82) is 0 Å². The van der Waals surface area contributed by atoms with Gasteiger partial charge in [0.05, 0.1) is 0 Å². The van der Waals surface area contributed by atoms with Gasteiger partial charge in [0.1, 0.15) is 0 Å². The molecule has 57 heavy (non-hydrogen) atoms. The second-order valence-electron chi connectivity index (χ2n) is 14.3. The Kier molecular flexibility index (Phi) is 9.99. The predicted molar refractivity (Wildman–Crippen MR) is 242 cm³/mol. The third-order valence-electron chi connectivity index (χ3n) is 10.6. The maximum atomic E-state index is 2.33. The molecule has 0 aliphatic carbocycles. The van der Waals surface area contributed by atoms with Crippen molar-refractivity contribution in [3.05, 3.63) is 242 Å². The van der Waals surface area contributed by atoms with Crippen LogP contribution in [0.25, 0.3) is 44.5 Å². The van der Waals surface area contributed by atoms with Gasteiger partial charge >= 0.3 is 0 Å². The van der Waals surface area contributed by atoms with E-state index in [1.807, 2.05) is 0 Å². The summed E-state index contributed by atoms with van der Waals surface area (Å²) in [6.07, 6.45) is 0. The van der Waals surface area contributed by atoms with Crippen LogP contribution < -0.4 is 9.80 Å². The Balaban J connectivity index is 1.01. The number of hydrogen-bond acceptors (Lipinski definition) is 2. The smallest absolute Gasteiger partial charge is 0.0462 e. The zero-order valence-corrected chi connectivity index (χ0v) is 31.9. The molecule has 0 bridgehead atoms. The Morgan fingerprint density at radius 2 is 0.386 bits per heavy atom. The van der Waals surface area contributed by atoms with Gasteiger partial charge in [0, 0.05) is 34.1 Å². The number of aryl methyl sites for hydroxylation is 1. The van der Waals surface area contributed by atoms with Crippen molar-refractivity contribution >= 4 is 34.1 Å². The van der Waals surface area contributed by atoms with Crippen molar-refractivity contribution in [1.82, 2.24) is 0 Å². The average molecular weight is 731 g/mol. The minimum absolute atomic E-state index is 1.10. The summed E-state index contributed by atoms with van der Waals surface area (Å²) in [5, 5.41) is 0. The molecular formula is C55H42N2. The van der Waals surface area contributed by atoms with Crippen LogP contribution in [-0.4, -0.2) is 0 Å². The van der Waals surface area contributed by atoms with Crippen LogP contribution in [0.15, 0.2) is 237 Å². The third kappa shape index (κ3) is 7.76. The lowest BCUT2D eigenvalue weighted by atomic mass is 10.0. The van der Waals surface area contributed by atoms with E-state index in [1.165, 1.54) is 44.5 Å². The molecule has 0 fully saturated rings. The van der Waals surface area contributed by atoms with E-state index in [-0.39, 0.29) is 0 Å². The highest BCUT2D eigenvalue weighted by atomic mass is 15.1. The number of benzene rings is 9. The highest BCUT2D eigenvalue weighted by Crippen LogP contribution is 2.39. The minimum Gasteiger partial charge on any atom is -0.311 e. The highest BCUT2D eigenvalue weighted by molar-refractivity contribution is 5.83. The fourth-order valence-electron chi connectivity index (χ4n) is 7.49. The topological polar surface area (TPSA) is 6.48 Å². The zero-order valence-electron chi connectivity index (χ0n) is 31.9. The second kappa shape index (κ2) is 16.1. The van der Waals surface area contributed by atoms with Crippen LogP contribution in [0.3, 0.4) is 0 Å². The summed E-state index contributed by atoms with van der Waals surface area (Å²) in [5.74, 6) is 0. The molecule has 0 radical (unpaired) electrons. The number of hydrogen-bond donors (Lipinski definition) is 0. The Hall–Kier alpha value is -7.42. The van der Waals surface area contributed by atoms with E-state index in [4.69, 9.17) is 0 Å². The first-order chi connectivity index (χ1) is 28.2. The molecule has 0 aliphatic heterocycles. The van der Waals surface area contributed by atoms with Gasteiger partial charge in [-0.1, -0.05) is 169 Å². The van der Waals surface area contributed by atoms with Crippen LogP contribution in [0.2, 0.25) is 0 Å². The van der Waals surface area contributed by atoms with E-state index >= 15 is 0 Å². The molecule has 9 aromatic carbocycles. The molecule has 0 saturated heterocycles. The zero-order chi connectivity index (χ0) is 38.4. The van der Waals surface area contributed by atoms with Crippen molar-refractivity contribution in [2.24, 2.45) is 0 Å². The minimum atomic E-state index is 1.10. The summed E-state index contributed by atoms with van der Waals surface area (Å²) in [7, 11) is 0. The van der Waals surface area contributed by atoms with Crippen molar-refractivity contribution < 1.29 is 0 Å². The van der Waals surface area contributed by atoms with Crippen molar-refractivity contribution in [3.63, 3.8) is 0 Å². The summed E-state index contributed by atoms with van der Waals surface area (Å²) in [6.45, 7) is 2.12. The van der Waals surface area contributed by atoms with Gasteiger partial charge < -0.3 is 9.80 Å². The molecule has 0 amide bonds. The maximum Gasteiger partial charge on any atom is 0.0462 e. The molecule has 0 saturated carbocycles. The molecule has 9 rings (SSSR count). The number of rotatable bonds is 10. The lowest BCUT2D eigenvalue weighted by molar-refractivity contribution is 1.28. The SMILES string of the molecule is Cc1ccc(-c2ccc(N(c3ccccc3)c3ccc(-c4ccc(N(c5ccc(-c6ccccc6)cc5)c5ccc(-c6ccccc6)cc5)cc4)cc3)cc2)cc1. The number of anilines is 6. The Morgan fingerprint density at radius 3 is 0.649 bits per heavy atom. The summed E-state index contributed by atoms with van der Waals surface area (Å²) in [6, 6.07) is 84.8. The van der Waals surface area contributed by atoms with Crippen LogP contribution >= 0.6 is 0 Å². The van der Waals surface area contributed by atoms with Crippen LogP contribution in [0.4, 0.5) is 34.1 Å². The van der Waals surface area contributed by atoms with Crippen molar-refractivity contribution in [2.75, 3.05) is 9.80 Å². The monoisotopic (exact) mass is 730 g/mol. The van der Waals surface area contributed by atoms with E-state index in [9.17, 15) is 0 Å². The summed E-state index contributed by atoms with van der Waals surface area (Å²) in [5.41, 5.74) is 17.5. The molecule has 0 heterocycles. The molecule has 2 heteroatoms. The standard InChI is InChI=1S/C55H42N2/c1-41-17-19-44(20-18-41)47-25-35-51(36-26-47)56(50-15-9-4-10-16-50)52-37-27-48(28-38-52)49-29-39-55(40-30-49)57(53-31-21-45(22-32-53)42-11-5-2-6-12-42)54-33-23-46(24-34-54)43-13-7-3-8-14-43/h2-40H,1H3. The number of nitrogens with zero attached hydrogens (tertiary/aromatic N) is 2.